The molecule has 2 N–H and O–H groups in total. The van der Waals surface area contributed by atoms with Crippen LogP contribution in [0.4, 0.5) is 8.78 Å². The van der Waals surface area contributed by atoms with Gasteiger partial charge < -0.3 is 10.5 Å². The summed E-state index contributed by atoms with van der Waals surface area (Å²) in [6, 6.07) is 4.43. The fourth-order valence-electron chi connectivity index (χ4n) is 1.08. The van der Waals surface area contributed by atoms with Gasteiger partial charge in [0.25, 0.3) is 5.92 Å². The smallest absolute Gasteiger partial charge is 0.287 e. The molecule has 1 atom stereocenters. The topological polar surface area (TPSA) is 35.2 Å². The average Bonchev–Trinajstić information content (AvgIpc) is 2.17. The van der Waals surface area contributed by atoms with Gasteiger partial charge in [0, 0.05) is 5.56 Å². The largest absolute Gasteiger partial charge is 0.497 e. The Labute approximate surface area is 81.7 Å². The molecule has 78 valence electrons. The zero-order chi connectivity index (χ0) is 10.8. The molecule has 0 bridgehead atoms. The van der Waals surface area contributed by atoms with Gasteiger partial charge in [0.1, 0.15) is 5.75 Å². The van der Waals surface area contributed by atoms with Crippen LogP contribution in [0.2, 0.25) is 0 Å². The van der Waals surface area contributed by atoms with E-state index in [1.54, 1.807) is 0 Å². The molecular weight excluding hydrogens is 188 g/mol. The highest BCUT2D eigenvalue weighted by Gasteiger charge is 2.35. The van der Waals surface area contributed by atoms with Gasteiger partial charge in [-0.25, -0.2) is 0 Å². The van der Waals surface area contributed by atoms with Crippen molar-refractivity contribution in [1.29, 1.82) is 0 Å². The van der Waals surface area contributed by atoms with Gasteiger partial charge in [-0.2, -0.15) is 8.78 Å². The summed E-state index contributed by atoms with van der Waals surface area (Å²) < 4.78 is 31.6. The lowest BCUT2D eigenvalue weighted by molar-refractivity contribution is -0.0256. The van der Waals surface area contributed by atoms with E-state index in [-0.39, 0.29) is 5.56 Å². The van der Waals surface area contributed by atoms with Crippen molar-refractivity contribution >= 4 is 0 Å². The van der Waals surface area contributed by atoms with Gasteiger partial charge in [-0.15, -0.1) is 0 Å². The lowest BCUT2D eigenvalue weighted by Gasteiger charge is -2.20. The predicted octanol–water partition coefficient (Wildman–Crippen LogP) is 2.13. The molecule has 0 radical (unpaired) electrons. The first kappa shape index (κ1) is 10.9. The van der Waals surface area contributed by atoms with Crippen LogP contribution < -0.4 is 10.5 Å². The number of ether oxygens (including phenoxy) is 1. The number of rotatable bonds is 3. The van der Waals surface area contributed by atoms with Gasteiger partial charge in [-0.1, -0.05) is 0 Å². The summed E-state index contributed by atoms with van der Waals surface area (Å²) in [5, 5.41) is 0. The van der Waals surface area contributed by atoms with E-state index in [1.165, 1.54) is 38.3 Å². The Morgan fingerprint density at radius 2 is 1.79 bits per heavy atom. The van der Waals surface area contributed by atoms with Crippen molar-refractivity contribution in [2.24, 2.45) is 5.73 Å². The second kappa shape index (κ2) is 3.92. The highest BCUT2D eigenvalue weighted by atomic mass is 19.3. The fourth-order valence-corrected chi connectivity index (χ4v) is 1.08. The highest BCUT2D eigenvalue weighted by Crippen LogP contribution is 2.31. The molecular formula is C10H13F2NO. The molecule has 4 heteroatoms. The van der Waals surface area contributed by atoms with E-state index in [0.29, 0.717) is 5.75 Å². The number of hydrogen-bond donors (Lipinski definition) is 1. The molecule has 0 fully saturated rings. The minimum Gasteiger partial charge on any atom is -0.497 e. The van der Waals surface area contributed by atoms with Crippen LogP contribution in [0.15, 0.2) is 24.3 Å². The number of nitrogens with two attached hydrogens (primary N) is 1. The Hall–Kier alpha value is -1.16. The number of benzene rings is 1. The van der Waals surface area contributed by atoms with Crippen LogP contribution in [0.25, 0.3) is 0 Å². The van der Waals surface area contributed by atoms with Crippen molar-refractivity contribution in [3.05, 3.63) is 29.8 Å². The maximum absolute atomic E-state index is 13.3. The summed E-state index contributed by atoms with van der Waals surface area (Å²) in [6.45, 7) is 1.28. The molecule has 2 nitrogen and oxygen atoms in total. The number of hydrogen-bond acceptors (Lipinski definition) is 2. The minimum atomic E-state index is -2.99. The monoisotopic (exact) mass is 201 g/mol. The maximum atomic E-state index is 13.3. The second-order valence-corrected chi connectivity index (χ2v) is 3.14. The van der Waals surface area contributed by atoms with Crippen molar-refractivity contribution in [1.82, 2.24) is 0 Å². The third-order valence-corrected chi connectivity index (χ3v) is 2.05. The van der Waals surface area contributed by atoms with Gasteiger partial charge in [0.05, 0.1) is 13.2 Å². The molecule has 14 heavy (non-hydrogen) atoms. The van der Waals surface area contributed by atoms with Crippen LogP contribution in [-0.2, 0) is 5.92 Å². The van der Waals surface area contributed by atoms with Crippen molar-refractivity contribution in [3.63, 3.8) is 0 Å². The molecule has 0 heterocycles. The van der Waals surface area contributed by atoms with E-state index in [4.69, 9.17) is 10.5 Å². The summed E-state index contributed by atoms with van der Waals surface area (Å²) in [7, 11) is 1.48. The van der Waals surface area contributed by atoms with Crippen LogP contribution in [0.5, 0.6) is 5.75 Å². The quantitative estimate of drug-likeness (QED) is 0.813. The van der Waals surface area contributed by atoms with E-state index in [1.807, 2.05) is 0 Å². The highest BCUT2D eigenvalue weighted by molar-refractivity contribution is 5.30. The Morgan fingerprint density at radius 1 is 1.29 bits per heavy atom. The van der Waals surface area contributed by atoms with E-state index in [9.17, 15) is 8.78 Å². The lowest BCUT2D eigenvalue weighted by Crippen LogP contribution is -2.35. The van der Waals surface area contributed by atoms with Crippen LogP contribution >= 0.6 is 0 Å². The van der Waals surface area contributed by atoms with Crippen molar-refractivity contribution in [3.8, 4) is 5.75 Å². The molecule has 0 aliphatic carbocycles. The summed E-state index contributed by atoms with van der Waals surface area (Å²) in [5.74, 6) is -2.44. The SMILES string of the molecule is COc1ccc(C(F)(F)C(C)N)cc1. The third kappa shape index (κ3) is 2.01. The molecule has 0 aromatic heterocycles. The van der Waals surface area contributed by atoms with Gasteiger partial charge in [-0.3, -0.25) is 0 Å². The van der Waals surface area contributed by atoms with Gasteiger partial charge in [0.2, 0.25) is 0 Å². The lowest BCUT2D eigenvalue weighted by atomic mass is 10.0. The van der Waals surface area contributed by atoms with Crippen molar-refractivity contribution in [2.75, 3.05) is 7.11 Å². The first-order valence-corrected chi connectivity index (χ1v) is 4.26. The van der Waals surface area contributed by atoms with Gasteiger partial charge >= 0.3 is 0 Å². The molecule has 0 spiro atoms. The molecule has 0 aliphatic heterocycles. The Morgan fingerprint density at radius 3 is 2.14 bits per heavy atom. The second-order valence-electron chi connectivity index (χ2n) is 3.14. The summed E-state index contributed by atoms with van der Waals surface area (Å²) >= 11 is 0. The fraction of sp³-hybridized carbons (Fsp3) is 0.400. The van der Waals surface area contributed by atoms with Crippen LogP contribution in [0.1, 0.15) is 12.5 Å². The molecule has 1 rings (SSSR count). The van der Waals surface area contributed by atoms with Crippen molar-refractivity contribution in [2.45, 2.75) is 18.9 Å². The van der Waals surface area contributed by atoms with Crippen LogP contribution in [0.3, 0.4) is 0 Å². The zero-order valence-corrected chi connectivity index (χ0v) is 8.13. The molecule has 0 aliphatic rings. The van der Waals surface area contributed by atoms with Gasteiger partial charge in [0.15, 0.2) is 0 Å². The molecule has 1 aromatic carbocycles. The number of halogens is 2. The number of alkyl halides is 2. The molecule has 0 saturated heterocycles. The minimum absolute atomic E-state index is 0.0895. The Kier molecular flexibility index (Phi) is 3.06. The first-order chi connectivity index (χ1) is 6.48. The number of methoxy groups -OCH3 is 1. The molecule has 0 amide bonds. The molecule has 0 saturated carbocycles. The Balaban J connectivity index is 2.97. The predicted molar refractivity (Wildman–Crippen MR) is 50.5 cm³/mol. The van der Waals surface area contributed by atoms with E-state index in [0.717, 1.165) is 0 Å². The summed E-state index contributed by atoms with van der Waals surface area (Å²) in [5.41, 5.74) is 5.10. The molecule has 1 aromatic rings. The van der Waals surface area contributed by atoms with Crippen LogP contribution in [0, 0.1) is 0 Å². The van der Waals surface area contributed by atoms with E-state index < -0.39 is 12.0 Å². The van der Waals surface area contributed by atoms with Gasteiger partial charge in [-0.05, 0) is 31.2 Å². The third-order valence-electron chi connectivity index (χ3n) is 2.05. The summed E-state index contributed by atoms with van der Waals surface area (Å²) in [6.07, 6.45) is 0. The average molecular weight is 201 g/mol. The van der Waals surface area contributed by atoms with Crippen molar-refractivity contribution < 1.29 is 13.5 Å². The normalized spacial score (nSPS) is 13.8. The first-order valence-electron chi connectivity index (χ1n) is 4.26. The maximum Gasteiger partial charge on any atom is 0.287 e. The van der Waals surface area contributed by atoms with Crippen LogP contribution in [-0.4, -0.2) is 13.2 Å². The Bertz CT molecular complexity index is 295. The molecule has 1 unspecified atom stereocenters. The summed E-state index contributed by atoms with van der Waals surface area (Å²) in [4.78, 5) is 0. The van der Waals surface area contributed by atoms with E-state index in [2.05, 4.69) is 0 Å². The standard InChI is InChI=1S/C10H13F2NO/c1-7(13)10(11,12)8-3-5-9(14-2)6-4-8/h3-7H,13H2,1-2H3. The zero-order valence-electron chi connectivity index (χ0n) is 8.13. The van der Waals surface area contributed by atoms with E-state index >= 15 is 0 Å².